The Labute approximate surface area is 125 Å². The van der Waals surface area contributed by atoms with Crippen LogP contribution >= 0.6 is 11.6 Å². The molecule has 0 aliphatic carbocycles. The van der Waals surface area contributed by atoms with Crippen molar-refractivity contribution >= 4 is 17.4 Å². The van der Waals surface area contributed by atoms with Crippen molar-refractivity contribution in [1.82, 2.24) is 4.90 Å². The average Bonchev–Trinajstić information content (AvgIpc) is 2.46. The molecule has 0 heterocycles. The molecule has 0 fully saturated rings. The molecule has 0 bridgehead atoms. The van der Waals surface area contributed by atoms with E-state index >= 15 is 0 Å². The van der Waals surface area contributed by atoms with Gasteiger partial charge in [-0.1, -0.05) is 54.1 Å². The second kappa shape index (κ2) is 6.69. The van der Waals surface area contributed by atoms with Crippen molar-refractivity contribution < 1.29 is 4.79 Å². The van der Waals surface area contributed by atoms with Gasteiger partial charge >= 0.3 is 0 Å². The second-order valence-electron chi connectivity index (χ2n) is 4.95. The van der Waals surface area contributed by atoms with E-state index in [1.54, 1.807) is 24.3 Å². The number of halogens is 1. The molecule has 0 saturated carbocycles. The van der Waals surface area contributed by atoms with E-state index < -0.39 is 0 Å². The van der Waals surface area contributed by atoms with Crippen LogP contribution < -0.4 is 0 Å². The minimum absolute atomic E-state index is 0.0888. The number of rotatable bonds is 5. The number of likely N-dealkylation sites (N-methyl/N-ethyl adjacent to an activating group) is 1. The van der Waals surface area contributed by atoms with Gasteiger partial charge in [-0.25, -0.2) is 0 Å². The van der Waals surface area contributed by atoms with Crippen molar-refractivity contribution in [2.24, 2.45) is 0 Å². The van der Waals surface area contributed by atoms with Crippen LogP contribution in [0.5, 0.6) is 0 Å². The lowest BCUT2D eigenvalue weighted by Crippen LogP contribution is -2.35. The van der Waals surface area contributed by atoms with Crippen molar-refractivity contribution in [3.63, 3.8) is 0 Å². The van der Waals surface area contributed by atoms with E-state index in [-0.39, 0.29) is 11.8 Å². The molecule has 0 aliphatic heterocycles. The molecule has 1 atom stereocenters. The maximum absolute atomic E-state index is 12.4. The van der Waals surface area contributed by atoms with Gasteiger partial charge < -0.3 is 0 Å². The number of carbonyl (C=O) groups is 1. The first-order valence-corrected chi connectivity index (χ1v) is 6.99. The molecule has 2 aromatic carbocycles. The predicted molar refractivity (Wildman–Crippen MR) is 83.2 cm³/mol. The summed E-state index contributed by atoms with van der Waals surface area (Å²) in [6.07, 6.45) is 0. The van der Waals surface area contributed by atoms with E-state index in [0.717, 1.165) is 6.54 Å². The summed E-state index contributed by atoms with van der Waals surface area (Å²) in [6, 6.07) is 17.0. The topological polar surface area (TPSA) is 20.3 Å². The summed E-state index contributed by atoms with van der Waals surface area (Å²) in [4.78, 5) is 14.5. The fourth-order valence-corrected chi connectivity index (χ4v) is 2.28. The van der Waals surface area contributed by atoms with Gasteiger partial charge in [0.1, 0.15) is 0 Å². The molecular formula is C17H18ClNO. The van der Waals surface area contributed by atoms with Crippen molar-refractivity contribution in [2.75, 3.05) is 7.05 Å². The monoisotopic (exact) mass is 287 g/mol. The summed E-state index contributed by atoms with van der Waals surface area (Å²) in [5.74, 6) is 0.0888. The molecule has 0 radical (unpaired) electrons. The van der Waals surface area contributed by atoms with E-state index in [4.69, 9.17) is 11.6 Å². The van der Waals surface area contributed by atoms with Gasteiger partial charge in [0.05, 0.1) is 6.04 Å². The molecular weight excluding hydrogens is 270 g/mol. The van der Waals surface area contributed by atoms with Crippen LogP contribution in [0.4, 0.5) is 0 Å². The Morgan fingerprint density at radius 1 is 1.15 bits per heavy atom. The third kappa shape index (κ3) is 3.69. The summed E-state index contributed by atoms with van der Waals surface area (Å²) in [7, 11) is 1.96. The summed E-state index contributed by atoms with van der Waals surface area (Å²) >= 11 is 5.94. The molecule has 104 valence electrons. The van der Waals surface area contributed by atoms with E-state index in [2.05, 4.69) is 12.1 Å². The Hall–Kier alpha value is -1.64. The fraction of sp³-hybridized carbons (Fsp3) is 0.235. The molecule has 20 heavy (non-hydrogen) atoms. The Bertz CT molecular complexity index is 583. The van der Waals surface area contributed by atoms with Crippen LogP contribution in [0.25, 0.3) is 0 Å². The van der Waals surface area contributed by atoms with Crippen LogP contribution in [-0.2, 0) is 6.54 Å². The van der Waals surface area contributed by atoms with E-state index in [1.165, 1.54) is 5.56 Å². The highest BCUT2D eigenvalue weighted by atomic mass is 35.5. The van der Waals surface area contributed by atoms with Gasteiger partial charge in [0, 0.05) is 17.1 Å². The average molecular weight is 288 g/mol. The van der Waals surface area contributed by atoms with Gasteiger partial charge in [0.15, 0.2) is 5.78 Å². The number of hydrogen-bond donors (Lipinski definition) is 0. The van der Waals surface area contributed by atoms with Crippen molar-refractivity contribution in [1.29, 1.82) is 0 Å². The van der Waals surface area contributed by atoms with Gasteiger partial charge in [-0.05, 0) is 31.7 Å². The Kier molecular flexibility index (Phi) is 4.94. The van der Waals surface area contributed by atoms with Crippen LogP contribution in [0.1, 0.15) is 22.8 Å². The smallest absolute Gasteiger partial charge is 0.179 e. The maximum Gasteiger partial charge on any atom is 0.179 e. The normalized spacial score (nSPS) is 12.4. The lowest BCUT2D eigenvalue weighted by molar-refractivity contribution is 0.0862. The first-order valence-electron chi connectivity index (χ1n) is 6.62. The third-order valence-electron chi connectivity index (χ3n) is 3.42. The lowest BCUT2D eigenvalue weighted by Gasteiger charge is -2.23. The van der Waals surface area contributed by atoms with Crippen molar-refractivity contribution in [3.05, 3.63) is 70.7 Å². The van der Waals surface area contributed by atoms with Crippen LogP contribution in [0, 0.1) is 0 Å². The Morgan fingerprint density at radius 3 is 2.50 bits per heavy atom. The van der Waals surface area contributed by atoms with Crippen LogP contribution in [0.3, 0.4) is 0 Å². The Morgan fingerprint density at radius 2 is 1.85 bits per heavy atom. The maximum atomic E-state index is 12.4. The zero-order chi connectivity index (χ0) is 14.5. The highest BCUT2D eigenvalue weighted by molar-refractivity contribution is 6.31. The first-order chi connectivity index (χ1) is 9.58. The number of benzene rings is 2. The van der Waals surface area contributed by atoms with E-state index in [1.807, 2.05) is 37.1 Å². The fourth-order valence-electron chi connectivity index (χ4n) is 2.09. The molecule has 2 nitrogen and oxygen atoms in total. The van der Waals surface area contributed by atoms with E-state index in [0.29, 0.717) is 10.6 Å². The largest absolute Gasteiger partial charge is 0.292 e. The predicted octanol–water partition coefficient (Wildman–Crippen LogP) is 4.04. The van der Waals surface area contributed by atoms with Crippen LogP contribution in [0.2, 0.25) is 5.02 Å². The van der Waals surface area contributed by atoms with Gasteiger partial charge in [0.2, 0.25) is 0 Å². The van der Waals surface area contributed by atoms with Gasteiger partial charge in [-0.3, -0.25) is 9.69 Å². The SMILES string of the molecule is CC(C(=O)c1cccc(Cl)c1)N(C)Cc1ccccc1. The number of ketones is 1. The summed E-state index contributed by atoms with van der Waals surface area (Å²) in [5, 5.41) is 0.591. The summed E-state index contributed by atoms with van der Waals surface area (Å²) in [6.45, 7) is 2.67. The zero-order valence-corrected chi connectivity index (χ0v) is 12.5. The van der Waals surface area contributed by atoms with Gasteiger partial charge in [-0.15, -0.1) is 0 Å². The summed E-state index contributed by atoms with van der Waals surface area (Å²) < 4.78 is 0. The number of hydrogen-bond acceptors (Lipinski definition) is 2. The standard InChI is InChI=1S/C17H18ClNO/c1-13(17(20)15-9-6-10-16(18)11-15)19(2)12-14-7-4-3-5-8-14/h3-11,13H,12H2,1-2H3. The molecule has 0 saturated heterocycles. The number of Topliss-reactive ketones (excluding diaryl/α,β-unsaturated/α-hetero) is 1. The molecule has 0 aliphatic rings. The van der Waals surface area contributed by atoms with Crippen molar-refractivity contribution in [2.45, 2.75) is 19.5 Å². The molecule has 2 aromatic rings. The van der Waals surface area contributed by atoms with Crippen LogP contribution in [0.15, 0.2) is 54.6 Å². The zero-order valence-electron chi connectivity index (χ0n) is 11.7. The Balaban J connectivity index is 2.06. The molecule has 2 rings (SSSR count). The first kappa shape index (κ1) is 14.8. The molecule has 1 unspecified atom stereocenters. The minimum Gasteiger partial charge on any atom is -0.292 e. The second-order valence-corrected chi connectivity index (χ2v) is 5.39. The summed E-state index contributed by atoms with van der Waals surface area (Å²) in [5.41, 5.74) is 1.85. The molecule has 0 spiro atoms. The van der Waals surface area contributed by atoms with E-state index in [9.17, 15) is 4.79 Å². The van der Waals surface area contributed by atoms with Crippen LogP contribution in [-0.4, -0.2) is 23.8 Å². The minimum atomic E-state index is -0.186. The highest BCUT2D eigenvalue weighted by Gasteiger charge is 2.19. The van der Waals surface area contributed by atoms with Crippen molar-refractivity contribution in [3.8, 4) is 0 Å². The molecule has 0 amide bonds. The quantitative estimate of drug-likeness (QED) is 0.774. The third-order valence-corrected chi connectivity index (χ3v) is 3.66. The molecule has 3 heteroatoms. The number of nitrogens with zero attached hydrogens (tertiary/aromatic N) is 1. The molecule has 0 N–H and O–H groups in total. The van der Waals surface area contributed by atoms with Gasteiger partial charge in [0.25, 0.3) is 0 Å². The lowest BCUT2D eigenvalue weighted by atomic mass is 10.0. The van der Waals surface area contributed by atoms with Gasteiger partial charge in [-0.2, -0.15) is 0 Å². The highest BCUT2D eigenvalue weighted by Crippen LogP contribution is 2.15. The number of carbonyl (C=O) groups excluding carboxylic acids is 1. The molecule has 0 aromatic heterocycles.